The number of carbonyl (C=O) groups excluding carboxylic acids is 1. The molecule has 2 aromatic heterocycles. The Morgan fingerprint density at radius 3 is 2.70 bits per heavy atom. The van der Waals surface area contributed by atoms with Gasteiger partial charge in [0.05, 0.1) is 6.04 Å². The SMILES string of the molecule is CC(C)c1cc(C(=O)NC(C)c2cccs2)cc(Cl)n1. The maximum Gasteiger partial charge on any atom is 0.251 e. The molecule has 3 nitrogen and oxygen atoms in total. The van der Waals surface area contributed by atoms with Crippen LogP contribution in [0.2, 0.25) is 5.15 Å². The van der Waals surface area contributed by atoms with Crippen molar-refractivity contribution in [3.05, 3.63) is 50.9 Å². The summed E-state index contributed by atoms with van der Waals surface area (Å²) in [5.41, 5.74) is 1.38. The van der Waals surface area contributed by atoms with Gasteiger partial charge in [-0.1, -0.05) is 31.5 Å². The van der Waals surface area contributed by atoms with Crippen LogP contribution in [0.5, 0.6) is 0 Å². The Bertz CT molecular complexity index is 596. The minimum absolute atomic E-state index is 0.0167. The van der Waals surface area contributed by atoms with Crippen LogP contribution in [0.1, 0.15) is 53.7 Å². The molecule has 0 radical (unpaired) electrons. The number of pyridine rings is 1. The van der Waals surface area contributed by atoms with Crippen LogP contribution in [0.4, 0.5) is 0 Å². The fourth-order valence-corrected chi connectivity index (χ4v) is 2.78. The van der Waals surface area contributed by atoms with Crippen molar-refractivity contribution in [3.8, 4) is 0 Å². The Labute approximate surface area is 128 Å². The van der Waals surface area contributed by atoms with E-state index in [1.807, 2.05) is 38.3 Å². The molecule has 0 bridgehead atoms. The summed E-state index contributed by atoms with van der Waals surface area (Å²) in [6.07, 6.45) is 0. The fourth-order valence-electron chi connectivity index (χ4n) is 1.83. The highest BCUT2D eigenvalue weighted by atomic mass is 35.5. The number of hydrogen-bond donors (Lipinski definition) is 1. The first kappa shape index (κ1) is 15.0. The predicted molar refractivity (Wildman–Crippen MR) is 83.5 cm³/mol. The summed E-state index contributed by atoms with van der Waals surface area (Å²) < 4.78 is 0. The number of rotatable bonds is 4. The van der Waals surface area contributed by atoms with Crippen molar-refractivity contribution in [3.63, 3.8) is 0 Å². The van der Waals surface area contributed by atoms with Crippen LogP contribution in [0.3, 0.4) is 0 Å². The molecule has 0 aromatic carbocycles. The molecule has 0 spiro atoms. The molecule has 0 saturated heterocycles. The van der Waals surface area contributed by atoms with Crippen molar-refractivity contribution in [2.24, 2.45) is 0 Å². The van der Waals surface area contributed by atoms with E-state index in [0.717, 1.165) is 10.6 Å². The van der Waals surface area contributed by atoms with E-state index in [4.69, 9.17) is 11.6 Å². The van der Waals surface area contributed by atoms with E-state index < -0.39 is 0 Å². The second-order valence-electron chi connectivity index (χ2n) is 4.97. The second kappa shape index (κ2) is 6.37. The van der Waals surface area contributed by atoms with Crippen molar-refractivity contribution >= 4 is 28.8 Å². The van der Waals surface area contributed by atoms with Gasteiger partial charge in [0.2, 0.25) is 0 Å². The van der Waals surface area contributed by atoms with E-state index >= 15 is 0 Å². The average molecular weight is 309 g/mol. The number of thiophene rings is 1. The van der Waals surface area contributed by atoms with Gasteiger partial charge >= 0.3 is 0 Å². The Balaban J connectivity index is 2.17. The zero-order valence-corrected chi connectivity index (χ0v) is 13.3. The number of aromatic nitrogens is 1. The molecule has 0 aliphatic rings. The molecule has 1 N–H and O–H groups in total. The maximum atomic E-state index is 12.3. The van der Waals surface area contributed by atoms with Gasteiger partial charge < -0.3 is 5.32 Å². The van der Waals surface area contributed by atoms with Gasteiger partial charge in [-0.25, -0.2) is 4.98 Å². The summed E-state index contributed by atoms with van der Waals surface area (Å²) in [5.74, 6) is 0.104. The minimum Gasteiger partial charge on any atom is -0.345 e. The van der Waals surface area contributed by atoms with E-state index in [-0.39, 0.29) is 17.9 Å². The predicted octanol–water partition coefficient (Wildman–Crippen LogP) is 4.41. The van der Waals surface area contributed by atoms with Crippen molar-refractivity contribution in [2.45, 2.75) is 32.7 Å². The average Bonchev–Trinajstić information content (AvgIpc) is 2.91. The van der Waals surface area contributed by atoms with Crippen LogP contribution in [0, 0.1) is 0 Å². The molecule has 0 fully saturated rings. The number of amides is 1. The molecule has 2 heterocycles. The van der Waals surface area contributed by atoms with Gasteiger partial charge in [-0.2, -0.15) is 0 Å². The molecule has 20 heavy (non-hydrogen) atoms. The molecular weight excluding hydrogens is 292 g/mol. The van der Waals surface area contributed by atoms with E-state index in [9.17, 15) is 4.79 Å². The zero-order chi connectivity index (χ0) is 14.7. The van der Waals surface area contributed by atoms with E-state index in [1.54, 1.807) is 23.5 Å². The highest BCUT2D eigenvalue weighted by Crippen LogP contribution is 2.21. The third-order valence-electron chi connectivity index (χ3n) is 2.99. The van der Waals surface area contributed by atoms with Crippen LogP contribution in [-0.2, 0) is 0 Å². The smallest absolute Gasteiger partial charge is 0.251 e. The Hall–Kier alpha value is -1.39. The van der Waals surface area contributed by atoms with Crippen LogP contribution >= 0.6 is 22.9 Å². The lowest BCUT2D eigenvalue weighted by Crippen LogP contribution is -2.26. The van der Waals surface area contributed by atoms with Crippen LogP contribution < -0.4 is 5.32 Å². The molecule has 1 amide bonds. The Morgan fingerprint density at radius 2 is 2.10 bits per heavy atom. The van der Waals surface area contributed by atoms with Gasteiger partial charge in [0.25, 0.3) is 5.91 Å². The van der Waals surface area contributed by atoms with Gasteiger partial charge in [-0.15, -0.1) is 11.3 Å². The summed E-state index contributed by atoms with van der Waals surface area (Å²) in [5, 5.41) is 5.33. The normalized spacial score (nSPS) is 12.4. The van der Waals surface area contributed by atoms with Crippen LogP contribution in [0.25, 0.3) is 0 Å². The third kappa shape index (κ3) is 3.58. The lowest BCUT2D eigenvalue weighted by molar-refractivity contribution is 0.0940. The second-order valence-corrected chi connectivity index (χ2v) is 6.34. The van der Waals surface area contributed by atoms with E-state index in [2.05, 4.69) is 10.3 Å². The molecule has 2 aromatic rings. The number of hydrogen-bond acceptors (Lipinski definition) is 3. The van der Waals surface area contributed by atoms with Crippen molar-refractivity contribution in [1.29, 1.82) is 0 Å². The Kier molecular flexibility index (Phi) is 4.78. The van der Waals surface area contributed by atoms with E-state index in [0.29, 0.717) is 10.7 Å². The minimum atomic E-state index is -0.128. The lowest BCUT2D eigenvalue weighted by Gasteiger charge is -2.13. The van der Waals surface area contributed by atoms with Crippen molar-refractivity contribution in [1.82, 2.24) is 10.3 Å². The van der Waals surface area contributed by atoms with Gasteiger partial charge in [-0.05, 0) is 36.4 Å². The van der Waals surface area contributed by atoms with Gasteiger partial charge in [0, 0.05) is 16.1 Å². The lowest BCUT2D eigenvalue weighted by atomic mass is 10.1. The number of nitrogens with zero attached hydrogens (tertiary/aromatic N) is 1. The topological polar surface area (TPSA) is 42.0 Å². The quantitative estimate of drug-likeness (QED) is 0.850. The molecule has 5 heteroatoms. The first-order valence-corrected chi connectivity index (χ1v) is 7.75. The zero-order valence-electron chi connectivity index (χ0n) is 11.7. The first-order valence-electron chi connectivity index (χ1n) is 6.49. The monoisotopic (exact) mass is 308 g/mol. The Morgan fingerprint density at radius 1 is 1.35 bits per heavy atom. The highest BCUT2D eigenvalue weighted by molar-refractivity contribution is 7.10. The molecule has 0 saturated carbocycles. The van der Waals surface area contributed by atoms with Crippen LogP contribution in [0.15, 0.2) is 29.6 Å². The molecule has 1 atom stereocenters. The molecular formula is C15H17ClN2OS. The molecule has 1 unspecified atom stereocenters. The summed E-state index contributed by atoms with van der Waals surface area (Å²) in [7, 11) is 0. The molecule has 106 valence electrons. The maximum absolute atomic E-state index is 12.3. The van der Waals surface area contributed by atoms with E-state index in [1.165, 1.54) is 0 Å². The molecule has 0 aliphatic carbocycles. The summed E-state index contributed by atoms with van der Waals surface area (Å²) in [6.45, 7) is 6.01. The van der Waals surface area contributed by atoms with Gasteiger partial charge in [0.1, 0.15) is 5.15 Å². The summed E-state index contributed by atoms with van der Waals surface area (Å²) in [4.78, 5) is 17.6. The molecule has 2 rings (SSSR count). The van der Waals surface area contributed by atoms with Crippen LogP contribution in [-0.4, -0.2) is 10.9 Å². The van der Waals surface area contributed by atoms with Crippen molar-refractivity contribution < 1.29 is 4.79 Å². The number of carbonyl (C=O) groups is 1. The van der Waals surface area contributed by atoms with Gasteiger partial charge in [0.15, 0.2) is 0 Å². The fraction of sp³-hybridized carbons (Fsp3) is 0.333. The summed E-state index contributed by atoms with van der Waals surface area (Å²) >= 11 is 7.61. The van der Waals surface area contributed by atoms with Gasteiger partial charge in [-0.3, -0.25) is 4.79 Å². The first-order chi connectivity index (χ1) is 9.47. The summed E-state index contributed by atoms with van der Waals surface area (Å²) in [6, 6.07) is 7.37. The standard InChI is InChI=1S/C15H17ClN2OS/c1-9(2)12-7-11(8-14(16)18-12)15(19)17-10(3)13-5-4-6-20-13/h4-10H,1-3H3,(H,17,19). The third-order valence-corrected chi connectivity index (χ3v) is 4.23. The number of nitrogens with one attached hydrogen (secondary N) is 1. The number of halogens is 1. The highest BCUT2D eigenvalue weighted by Gasteiger charge is 2.14. The largest absolute Gasteiger partial charge is 0.345 e. The molecule has 0 aliphatic heterocycles. The van der Waals surface area contributed by atoms with Crippen molar-refractivity contribution in [2.75, 3.05) is 0 Å².